The van der Waals surface area contributed by atoms with Crippen LogP contribution in [0.15, 0.2) is 45.6 Å². The van der Waals surface area contributed by atoms with Crippen LogP contribution < -0.4 is 10.2 Å². The van der Waals surface area contributed by atoms with Crippen molar-refractivity contribution in [3.8, 4) is 28.6 Å². The predicted molar refractivity (Wildman–Crippen MR) is 129 cm³/mol. The van der Waals surface area contributed by atoms with Gasteiger partial charge in [-0.25, -0.2) is 0 Å². The first-order valence-corrected chi connectivity index (χ1v) is 11.5. The van der Waals surface area contributed by atoms with E-state index in [1.165, 1.54) is 51.6 Å². The summed E-state index contributed by atoms with van der Waals surface area (Å²) in [4.78, 5) is 17.5. The van der Waals surface area contributed by atoms with Crippen molar-refractivity contribution in [2.45, 2.75) is 32.2 Å². The topological polar surface area (TPSA) is 86.4 Å². The molecule has 0 aliphatic carbocycles. The quantitative estimate of drug-likeness (QED) is 0.530. The van der Waals surface area contributed by atoms with Crippen molar-refractivity contribution < 1.29 is 19.4 Å². The van der Waals surface area contributed by atoms with Gasteiger partial charge in [0.25, 0.3) is 0 Å². The zero-order valence-corrected chi connectivity index (χ0v) is 19.3. The van der Waals surface area contributed by atoms with Crippen LogP contribution in [-0.4, -0.2) is 60.3 Å². The van der Waals surface area contributed by atoms with Crippen molar-refractivity contribution in [1.82, 2.24) is 9.80 Å². The Morgan fingerprint density at radius 2 is 1.79 bits per heavy atom. The zero-order valence-electron chi connectivity index (χ0n) is 19.3. The fraction of sp³-hybridized carbons (Fsp3) is 0.423. The minimum absolute atomic E-state index is 0.0536. The molecule has 2 N–H and O–H groups in total. The van der Waals surface area contributed by atoms with Gasteiger partial charge in [0.15, 0.2) is 17.1 Å². The molecule has 0 atom stereocenters. The summed E-state index contributed by atoms with van der Waals surface area (Å²) in [6.07, 6.45) is 5.16. The molecule has 33 heavy (non-hydrogen) atoms. The minimum atomic E-state index is -0.568. The highest BCUT2D eigenvalue weighted by Gasteiger charge is 2.20. The first-order valence-electron chi connectivity index (χ1n) is 11.5. The number of benzene rings is 2. The van der Waals surface area contributed by atoms with E-state index in [1.807, 2.05) is 24.3 Å². The van der Waals surface area contributed by atoms with Crippen LogP contribution >= 0.6 is 0 Å². The molecule has 0 bridgehead atoms. The van der Waals surface area contributed by atoms with Crippen LogP contribution in [0.2, 0.25) is 0 Å². The average Bonchev–Trinajstić information content (AvgIpc) is 2.82. The van der Waals surface area contributed by atoms with Gasteiger partial charge in [0.2, 0.25) is 16.9 Å². The summed E-state index contributed by atoms with van der Waals surface area (Å²) in [5.74, 6) is -0.479. The number of methoxy groups -OCH3 is 1. The molecule has 1 aromatic heterocycles. The van der Waals surface area contributed by atoms with Crippen LogP contribution in [0.1, 0.15) is 31.2 Å². The van der Waals surface area contributed by atoms with Gasteiger partial charge < -0.3 is 29.2 Å². The smallest absolute Gasteiger partial charge is 0.235 e. The SMILES string of the molecule is COc1c(O)ccc2c(=O)c(O)c(-c3ccc(CN(C)CCCN4CCCCC4)cc3)oc12. The first kappa shape index (κ1) is 23.1. The lowest BCUT2D eigenvalue weighted by atomic mass is 10.1. The highest BCUT2D eigenvalue weighted by Crippen LogP contribution is 2.38. The van der Waals surface area contributed by atoms with Gasteiger partial charge in [-0.2, -0.15) is 0 Å². The van der Waals surface area contributed by atoms with Gasteiger partial charge in [-0.05, 0) is 70.2 Å². The lowest BCUT2D eigenvalue weighted by molar-refractivity contribution is 0.210. The average molecular weight is 453 g/mol. The van der Waals surface area contributed by atoms with E-state index in [0.717, 1.165) is 31.6 Å². The maximum Gasteiger partial charge on any atom is 0.235 e. The van der Waals surface area contributed by atoms with E-state index < -0.39 is 11.2 Å². The third kappa shape index (κ3) is 5.15. The van der Waals surface area contributed by atoms with Crippen molar-refractivity contribution in [1.29, 1.82) is 0 Å². The van der Waals surface area contributed by atoms with Crippen LogP contribution in [0.4, 0.5) is 0 Å². The molecule has 0 amide bonds. The Hall–Kier alpha value is -3.03. The molecule has 7 heteroatoms. The molecule has 1 aliphatic heterocycles. The molecule has 1 saturated heterocycles. The summed E-state index contributed by atoms with van der Waals surface area (Å²) in [5, 5.41) is 20.7. The van der Waals surface area contributed by atoms with Gasteiger partial charge in [0.05, 0.1) is 12.5 Å². The van der Waals surface area contributed by atoms with Crippen LogP contribution in [0.25, 0.3) is 22.3 Å². The maximum atomic E-state index is 12.7. The molecular formula is C26H32N2O5. The standard InChI is InChI=1S/C26H32N2O5/c1-27(13-6-16-28-14-4-3-5-15-28)17-18-7-9-19(10-8-18)24-23(31)22(30)20-11-12-21(29)26(32-2)25(20)33-24/h7-12,29,31H,3-6,13-17H2,1-2H3. The fourth-order valence-electron chi connectivity index (χ4n) is 4.51. The van der Waals surface area contributed by atoms with Crippen molar-refractivity contribution in [2.75, 3.05) is 40.3 Å². The van der Waals surface area contributed by atoms with E-state index in [-0.39, 0.29) is 28.2 Å². The number of phenolic OH excluding ortho intramolecular Hbond substituents is 1. The largest absolute Gasteiger partial charge is 0.504 e. The van der Waals surface area contributed by atoms with Crippen molar-refractivity contribution in [3.05, 3.63) is 52.2 Å². The number of hydrogen-bond donors (Lipinski definition) is 2. The van der Waals surface area contributed by atoms with Gasteiger partial charge in [0, 0.05) is 12.1 Å². The molecule has 176 valence electrons. The Kier molecular flexibility index (Phi) is 7.20. The number of piperidine rings is 1. The third-order valence-corrected chi connectivity index (χ3v) is 6.31. The number of hydrogen-bond acceptors (Lipinski definition) is 7. The predicted octanol–water partition coefficient (Wildman–Crippen LogP) is 4.19. The second kappa shape index (κ2) is 10.3. The Morgan fingerprint density at radius 3 is 2.48 bits per heavy atom. The lowest BCUT2D eigenvalue weighted by Crippen LogP contribution is -2.32. The monoisotopic (exact) mass is 452 g/mol. The summed E-state index contributed by atoms with van der Waals surface area (Å²) in [7, 11) is 3.51. The molecule has 1 aliphatic rings. The number of rotatable bonds is 8. The van der Waals surface area contributed by atoms with Gasteiger partial charge in [-0.1, -0.05) is 30.7 Å². The Morgan fingerprint density at radius 1 is 1.06 bits per heavy atom. The Labute approximate surface area is 193 Å². The third-order valence-electron chi connectivity index (χ3n) is 6.31. The zero-order chi connectivity index (χ0) is 23.4. The summed E-state index contributed by atoms with van der Waals surface area (Å²) in [6.45, 7) is 5.46. The second-order valence-electron chi connectivity index (χ2n) is 8.79. The van der Waals surface area contributed by atoms with E-state index in [0.29, 0.717) is 5.56 Å². The Balaban J connectivity index is 1.46. The number of likely N-dealkylation sites (tertiary alicyclic amines) is 1. The number of phenols is 1. The molecule has 3 aromatic rings. The van der Waals surface area contributed by atoms with E-state index in [2.05, 4.69) is 16.8 Å². The van der Waals surface area contributed by atoms with Crippen LogP contribution in [0, 0.1) is 0 Å². The first-order chi connectivity index (χ1) is 16.0. The van der Waals surface area contributed by atoms with Crippen LogP contribution in [-0.2, 0) is 6.54 Å². The molecule has 2 aromatic carbocycles. The lowest BCUT2D eigenvalue weighted by Gasteiger charge is -2.27. The molecule has 0 spiro atoms. The van der Waals surface area contributed by atoms with E-state index >= 15 is 0 Å². The van der Waals surface area contributed by atoms with Crippen LogP contribution in [0.3, 0.4) is 0 Å². The molecule has 0 saturated carbocycles. The normalized spacial score (nSPS) is 14.8. The number of fused-ring (bicyclic) bond motifs is 1. The molecule has 0 unspecified atom stereocenters. The van der Waals surface area contributed by atoms with Crippen molar-refractivity contribution in [2.24, 2.45) is 0 Å². The van der Waals surface area contributed by atoms with Gasteiger partial charge in [-0.3, -0.25) is 4.79 Å². The number of aromatic hydroxyl groups is 2. The van der Waals surface area contributed by atoms with Gasteiger partial charge in [0.1, 0.15) is 0 Å². The minimum Gasteiger partial charge on any atom is -0.504 e. The van der Waals surface area contributed by atoms with E-state index in [9.17, 15) is 15.0 Å². The van der Waals surface area contributed by atoms with E-state index in [1.54, 1.807) is 0 Å². The highest BCUT2D eigenvalue weighted by atomic mass is 16.5. The number of ether oxygens (including phenoxy) is 1. The van der Waals surface area contributed by atoms with Gasteiger partial charge >= 0.3 is 0 Å². The molecular weight excluding hydrogens is 420 g/mol. The molecule has 4 rings (SSSR count). The van der Waals surface area contributed by atoms with E-state index in [4.69, 9.17) is 9.15 Å². The van der Waals surface area contributed by atoms with Crippen molar-refractivity contribution in [3.63, 3.8) is 0 Å². The highest BCUT2D eigenvalue weighted by molar-refractivity contribution is 5.88. The molecule has 1 fully saturated rings. The fourth-order valence-corrected chi connectivity index (χ4v) is 4.51. The molecule has 0 radical (unpaired) electrons. The Bertz CT molecular complexity index is 1150. The summed E-state index contributed by atoms with van der Waals surface area (Å²) in [5.41, 5.74) is 1.25. The van der Waals surface area contributed by atoms with Crippen LogP contribution in [0.5, 0.6) is 17.2 Å². The summed E-state index contributed by atoms with van der Waals surface area (Å²) >= 11 is 0. The maximum absolute atomic E-state index is 12.7. The summed E-state index contributed by atoms with van der Waals surface area (Å²) in [6, 6.07) is 10.4. The molecule has 7 nitrogen and oxygen atoms in total. The van der Waals surface area contributed by atoms with Gasteiger partial charge in [-0.15, -0.1) is 0 Å². The van der Waals surface area contributed by atoms with Crippen molar-refractivity contribution >= 4 is 11.0 Å². The summed E-state index contributed by atoms with van der Waals surface area (Å²) < 4.78 is 11.0. The second-order valence-corrected chi connectivity index (χ2v) is 8.79. The molecule has 2 heterocycles. The number of nitrogens with zero attached hydrogens (tertiary/aromatic N) is 2.